The van der Waals surface area contributed by atoms with Crippen molar-refractivity contribution in [3.8, 4) is 0 Å². The molecule has 0 nitrogen and oxygen atoms in total. The molecule has 1 aromatic carbocycles. The van der Waals surface area contributed by atoms with E-state index >= 15 is 0 Å². The van der Waals surface area contributed by atoms with E-state index in [4.69, 9.17) is 0 Å². The van der Waals surface area contributed by atoms with Crippen molar-refractivity contribution in [2.45, 2.75) is 23.5 Å². The summed E-state index contributed by atoms with van der Waals surface area (Å²) >= 11 is 1.64. The summed E-state index contributed by atoms with van der Waals surface area (Å²) in [4.78, 5) is 0.861. The lowest BCUT2D eigenvalue weighted by atomic mass is 10.1. The second-order valence-corrected chi connectivity index (χ2v) is 4.31. The van der Waals surface area contributed by atoms with Gasteiger partial charge in [0.15, 0.2) is 0 Å². The zero-order valence-electron chi connectivity index (χ0n) is 6.30. The minimum atomic E-state index is -0.0585. The lowest BCUT2D eigenvalue weighted by Crippen LogP contribution is -1.90. The third-order valence-corrected chi connectivity index (χ3v) is 3.14. The Labute approximate surface area is 69.8 Å². The van der Waals surface area contributed by atoms with Crippen LogP contribution in [0, 0.1) is 5.82 Å². The van der Waals surface area contributed by atoms with Crippen molar-refractivity contribution >= 4 is 11.8 Å². The van der Waals surface area contributed by atoms with Gasteiger partial charge >= 0.3 is 0 Å². The molecule has 0 saturated heterocycles. The largest absolute Gasteiger partial charge is 0.206 e. The fourth-order valence-electron chi connectivity index (χ4n) is 1.40. The van der Waals surface area contributed by atoms with Crippen LogP contribution in [0.2, 0.25) is 0 Å². The molecule has 2 heteroatoms. The van der Waals surface area contributed by atoms with Crippen molar-refractivity contribution in [1.29, 1.82) is 0 Å². The highest BCUT2D eigenvalue weighted by Gasteiger charge is 2.20. The molecule has 0 saturated carbocycles. The third-order valence-electron chi connectivity index (χ3n) is 1.87. The normalized spacial score (nSPS) is 21.8. The maximum atomic E-state index is 13.0. The van der Waals surface area contributed by atoms with Crippen molar-refractivity contribution in [1.82, 2.24) is 0 Å². The molecule has 1 unspecified atom stereocenters. The smallest absolute Gasteiger partial charge is 0.137 e. The van der Waals surface area contributed by atoms with Crippen LogP contribution in [0.25, 0.3) is 0 Å². The number of thioether (sulfide) groups is 1. The van der Waals surface area contributed by atoms with Crippen LogP contribution in [-0.4, -0.2) is 5.25 Å². The molecule has 11 heavy (non-hydrogen) atoms. The molecule has 0 amide bonds. The van der Waals surface area contributed by atoms with E-state index in [1.807, 2.05) is 6.07 Å². The summed E-state index contributed by atoms with van der Waals surface area (Å²) in [5.74, 6) is -0.0585. The summed E-state index contributed by atoms with van der Waals surface area (Å²) in [6, 6.07) is 5.32. The second-order valence-electron chi connectivity index (χ2n) is 2.86. The highest BCUT2D eigenvalue weighted by Crippen LogP contribution is 2.38. The van der Waals surface area contributed by atoms with Crippen LogP contribution in [0.5, 0.6) is 0 Å². The average molecular weight is 168 g/mol. The standard InChI is InChI=1S/C9H9FS/c1-6-5-7-3-2-4-8(10)9(7)11-6/h2-4,6H,5H2,1H3. The second kappa shape index (κ2) is 2.52. The van der Waals surface area contributed by atoms with Crippen molar-refractivity contribution in [2.24, 2.45) is 0 Å². The summed E-state index contributed by atoms with van der Waals surface area (Å²) in [5, 5.41) is 0.543. The maximum Gasteiger partial charge on any atom is 0.137 e. The summed E-state index contributed by atoms with van der Waals surface area (Å²) in [7, 11) is 0. The Hall–Kier alpha value is -0.500. The van der Waals surface area contributed by atoms with Gasteiger partial charge in [-0.05, 0) is 18.1 Å². The number of rotatable bonds is 0. The summed E-state index contributed by atoms with van der Waals surface area (Å²) in [5.41, 5.74) is 1.17. The van der Waals surface area contributed by atoms with Gasteiger partial charge in [-0.15, -0.1) is 11.8 Å². The van der Waals surface area contributed by atoms with E-state index in [0.29, 0.717) is 5.25 Å². The molecule has 1 aliphatic heterocycles. The van der Waals surface area contributed by atoms with Crippen LogP contribution in [0.15, 0.2) is 23.1 Å². The summed E-state index contributed by atoms with van der Waals surface area (Å²) < 4.78 is 13.0. The van der Waals surface area contributed by atoms with Crippen LogP contribution >= 0.6 is 11.8 Å². The molecule has 0 bridgehead atoms. The molecule has 2 rings (SSSR count). The number of fused-ring (bicyclic) bond motifs is 1. The predicted molar refractivity (Wildman–Crippen MR) is 45.4 cm³/mol. The van der Waals surface area contributed by atoms with Gasteiger partial charge < -0.3 is 0 Å². The molecule has 1 atom stereocenters. The molecular weight excluding hydrogens is 159 g/mol. The van der Waals surface area contributed by atoms with E-state index in [1.165, 1.54) is 11.6 Å². The minimum absolute atomic E-state index is 0.0585. The zero-order chi connectivity index (χ0) is 7.84. The predicted octanol–water partition coefficient (Wildman–Crippen LogP) is 2.86. The van der Waals surface area contributed by atoms with Crippen molar-refractivity contribution in [3.63, 3.8) is 0 Å². The topological polar surface area (TPSA) is 0 Å². The van der Waals surface area contributed by atoms with Gasteiger partial charge in [0.2, 0.25) is 0 Å². The lowest BCUT2D eigenvalue weighted by Gasteiger charge is -1.96. The van der Waals surface area contributed by atoms with E-state index in [1.54, 1.807) is 17.8 Å². The van der Waals surface area contributed by atoms with E-state index in [-0.39, 0.29) is 5.82 Å². The molecule has 0 aromatic heterocycles. The van der Waals surface area contributed by atoms with Gasteiger partial charge in [-0.25, -0.2) is 4.39 Å². The molecular formula is C9H9FS. The fraction of sp³-hybridized carbons (Fsp3) is 0.333. The van der Waals surface area contributed by atoms with Crippen molar-refractivity contribution in [2.75, 3.05) is 0 Å². The molecule has 0 spiro atoms. The highest BCUT2D eigenvalue weighted by atomic mass is 32.2. The first-order chi connectivity index (χ1) is 5.27. The third kappa shape index (κ3) is 1.16. The molecule has 0 radical (unpaired) electrons. The number of hydrogen-bond acceptors (Lipinski definition) is 1. The highest BCUT2D eigenvalue weighted by molar-refractivity contribution is 8.00. The van der Waals surface area contributed by atoms with Crippen LogP contribution in [0.1, 0.15) is 12.5 Å². The molecule has 58 valence electrons. The van der Waals surface area contributed by atoms with Crippen LogP contribution in [0.4, 0.5) is 4.39 Å². The van der Waals surface area contributed by atoms with Crippen LogP contribution < -0.4 is 0 Å². The molecule has 0 N–H and O–H groups in total. The Bertz CT molecular complexity index is 283. The first kappa shape index (κ1) is 7.17. The van der Waals surface area contributed by atoms with Crippen molar-refractivity contribution < 1.29 is 4.39 Å². The van der Waals surface area contributed by atoms with Gasteiger partial charge in [-0.1, -0.05) is 19.1 Å². The van der Waals surface area contributed by atoms with Crippen LogP contribution in [-0.2, 0) is 6.42 Å². The average Bonchev–Trinajstić information content (AvgIpc) is 2.31. The summed E-state index contributed by atoms with van der Waals surface area (Å²) in [6.07, 6.45) is 1.01. The Morgan fingerprint density at radius 2 is 2.36 bits per heavy atom. The van der Waals surface area contributed by atoms with Gasteiger partial charge in [-0.3, -0.25) is 0 Å². The summed E-state index contributed by atoms with van der Waals surface area (Å²) in [6.45, 7) is 2.13. The molecule has 0 aliphatic carbocycles. The molecule has 1 aromatic rings. The van der Waals surface area contributed by atoms with Gasteiger partial charge in [0, 0.05) is 10.1 Å². The van der Waals surface area contributed by atoms with Gasteiger partial charge in [0.1, 0.15) is 5.82 Å². The molecule has 1 aliphatic rings. The zero-order valence-corrected chi connectivity index (χ0v) is 7.12. The van der Waals surface area contributed by atoms with Gasteiger partial charge in [-0.2, -0.15) is 0 Å². The Morgan fingerprint density at radius 3 is 3.09 bits per heavy atom. The Kier molecular flexibility index (Phi) is 1.64. The lowest BCUT2D eigenvalue weighted by molar-refractivity contribution is 0.600. The molecule has 1 heterocycles. The SMILES string of the molecule is CC1Cc2cccc(F)c2S1. The van der Waals surface area contributed by atoms with E-state index in [0.717, 1.165) is 11.3 Å². The van der Waals surface area contributed by atoms with Gasteiger partial charge in [0.05, 0.1) is 0 Å². The first-order valence-electron chi connectivity index (χ1n) is 3.71. The molecule has 0 fully saturated rings. The minimum Gasteiger partial charge on any atom is -0.206 e. The van der Waals surface area contributed by atoms with E-state index < -0.39 is 0 Å². The van der Waals surface area contributed by atoms with E-state index in [2.05, 4.69) is 6.92 Å². The Balaban J connectivity index is 2.49. The van der Waals surface area contributed by atoms with Gasteiger partial charge in [0.25, 0.3) is 0 Å². The van der Waals surface area contributed by atoms with Crippen LogP contribution in [0.3, 0.4) is 0 Å². The van der Waals surface area contributed by atoms with E-state index in [9.17, 15) is 4.39 Å². The first-order valence-corrected chi connectivity index (χ1v) is 4.59. The number of benzene rings is 1. The Morgan fingerprint density at radius 1 is 1.55 bits per heavy atom. The monoisotopic (exact) mass is 168 g/mol. The number of hydrogen-bond donors (Lipinski definition) is 0. The quantitative estimate of drug-likeness (QED) is 0.574. The fourth-order valence-corrected chi connectivity index (χ4v) is 2.55. The maximum absolute atomic E-state index is 13.0. The van der Waals surface area contributed by atoms with Crippen molar-refractivity contribution in [3.05, 3.63) is 29.6 Å². The number of halogens is 1.